The minimum absolute atomic E-state index is 0.0949. The second-order valence-electron chi connectivity index (χ2n) is 9.07. The van der Waals surface area contributed by atoms with Crippen molar-refractivity contribution in [3.05, 3.63) is 105 Å². The smallest absolute Gasteiger partial charge is 0.180 e. The predicted octanol–water partition coefficient (Wildman–Crippen LogP) is 6.12. The molecule has 0 unspecified atom stereocenters. The Morgan fingerprint density at radius 3 is 2.24 bits per heavy atom. The van der Waals surface area contributed by atoms with Crippen molar-refractivity contribution in [1.29, 1.82) is 0 Å². The number of anilines is 1. The van der Waals surface area contributed by atoms with E-state index in [-0.39, 0.29) is 17.3 Å². The summed E-state index contributed by atoms with van der Waals surface area (Å²) in [6.07, 6.45) is 3.81. The van der Waals surface area contributed by atoms with Crippen LogP contribution in [-0.4, -0.2) is 29.4 Å². The zero-order chi connectivity index (χ0) is 23.8. The lowest BCUT2D eigenvalue weighted by molar-refractivity contribution is -0.118. The molecule has 1 fully saturated rings. The highest BCUT2D eigenvalue weighted by Gasteiger charge is 2.71. The van der Waals surface area contributed by atoms with E-state index in [0.717, 1.165) is 21.3 Å². The predicted molar refractivity (Wildman–Crippen MR) is 136 cm³/mol. The highest BCUT2D eigenvalue weighted by atomic mass is 79.9. The number of Topliss-reactive ketones (excluding diaryl/α,β-unsaturated/α-hetero) is 3. The molecule has 6 rings (SSSR count). The second kappa shape index (κ2) is 7.49. The molecule has 34 heavy (non-hydrogen) atoms. The number of ketones is 3. The van der Waals surface area contributed by atoms with Gasteiger partial charge in [0, 0.05) is 32.2 Å². The van der Waals surface area contributed by atoms with Gasteiger partial charge in [-0.05, 0) is 48.4 Å². The van der Waals surface area contributed by atoms with Crippen LogP contribution in [0.5, 0.6) is 0 Å². The van der Waals surface area contributed by atoms with Crippen LogP contribution in [0.2, 0.25) is 5.02 Å². The molecule has 6 heteroatoms. The van der Waals surface area contributed by atoms with E-state index in [2.05, 4.69) is 15.9 Å². The van der Waals surface area contributed by atoms with Gasteiger partial charge in [0.25, 0.3) is 0 Å². The van der Waals surface area contributed by atoms with E-state index in [9.17, 15) is 14.4 Å². The van der Waals surface area contributed by atoms with Gasteiger partial charge in [0.15, 0.2) is 17.3 Å². The largest absolute Gasteiger partial charge is 0.352 e. The lowest BCUT2D eigenvalue weighted by Crippen LogP contribution is -2.48. The first kappa shape index (κ1) is 21.5. The van der Waals surface area contributed by atoms with Crippen molar-refractivity contribution in [1.82, 2.24) is 0 Å². The molecule has 0 aromatic heterocycles. The van der Waals surface area contributed by atoms with Crippen molar-refractivity contribution in [2.75, 3.05) is 4.90 Å². The van der Waals surface area contributed by atoms with Crippen LogP contribution in [0.15, 0.2) is 77.3 Å². The number of nitrogens with zero attached hydrogens (tertiary/aromatic N) is 1. The first-order valence-corrected chi connectivity index (χ1v) is 12.2. The third-order valence-electron chi connectivity index (χ3n) is 7.41. The topological polar surface area (TPSA) is 54.5 Å². The van der Waals surface area contributed by atoms with Crippen molar-refractivity contribution in [3.8, 4) is 0 Å². The van der Waals surface area contributed by atoms with E-state index >= 15 is 0 Å². The Morgan fingerprint density at radius 2 is 1.62 bits per heavy atom. The van der Waals surface area contributed by atoms with Crippen LogP contribution < -0.4 is 4.90 Å². The van der Waals surface area contributed by atoms with Gasteiger partial charge in [-0.1, -0.05) is 76.1 Å². The SMILES string of the molecule is CC(=O)[C@@H]1[C@@H](c2ccc(Br)cc2)C2(C(=O)c3ccccc3C2=O)[C@@H]2C=Cc3cc(Cl)ccc3N12. The lowest BCUT2D eigenvalue weighted by Gasteiger charge is -2.37. The first-order chi connectivity index (χ1) is 16.4. The number of benzene rings is 3. The summed E-state index contributed by atoms with van der Waals surface area (Å²) in [4.78, 5) is 43.8. The van der Waals surface area contributed by atoms with Crippen molar-refractivity contribution in [2.45, 2.75) is 24.9 Å². The summed E-state index contributed by atoms with van der Waals surface area (Å²) in [5, 5.41) is 0.583. The Balaban J connectivity index is 1.68. The minimum Gasteiger partial charge on any atom is -0.352 e. The first-order valence-electron chi connectivity index (χ1n) is 11.1. The molecule has 3 aromatic carbocycles. The maximum Gasteiger partial charge on any atom is 0.180 e. The Labute approximate surface area is 210 Å². The molecule has 3 atom stereocenters. The fraction of sp³-hybridized carbons (Fsp3) is 0.179. The Morgan fingerprint density at radius 1 is 0.971 bits per heavy atom. The molecule has 2 aliphatic heterocycles. The number of carbonyl (C=O) groups excluding carboxylic acids is 3. The van der Waals surface area contributed by atoms with E-state index in [4.69, 9.17) is 11.6 Å². The van der Waals surface area contributed by atoms with Crippen LogP contribution in [0.3, 0.4) is 0 Å². The van der Waals surface area contributed by atoms with E-state index < -0.39 is 23.4 Å². The number of fused-ring (bicyclic) bond motifs is 5. The van der Waals surface area contributed by atoms with Crippen molar-refractivity contribution in [2.24, 2.45) is 5.41 Å². The maximum absolute atomic E-state index is 14.2. The van der Waals surface area contributed by atoms with Gasteiger partial charge < -0.3 is 4.90 Å². The van der Waals surface area contributed by atoms with Gasteiger partial charge in [0.2, 0.25) is 0 Å². The summed E-state index contributed by atoms with van der Waals surface area (Å²) in [5.41, 5.74) is 1.85. The summed E-state index contributed by atoms with van der Waals surface area (Å²) < 4.78 is 0.882. The monoisotopic (exact) mass is 531 g/mol. The molecule has 0 saturated carbocycles. The maximum atomic E-state index is 14.2. The van der Waals surface area contributed by atoms with Gasteiger partial charge >= 0.3 is 0 Å². The van der Waals surface area contributed by atoms with Crippen molar-refractivity contribution >= 4 is 56.6 Å². The second-order valence-corrected chi connectivity index (χ2v) is 10.4. The van der Waals surface area contributed by atoms with Crippen molar-refractivity contribution in [3.63, 3.8) is 0 Å². The highest BCUT2D eigenvalue weighted by molar-refractivity contribution is 9.10. The number of halogens is 2. The molecule has 2 heterocycles. The highest BCUT2D eigenvalue weighted by Crippen LogP contribution is 2.60. The summed E-state index contributed by atoms with van der Waals surface area (Å²) >= 11 is 9.73. The van der Waals surface area contributed by atoms with Gasteiger partial charge in [-0.15, -0.1) is 0 Å². The quantitative estimate of drug-likeness (QED) is 0.373. The number of rotatable bonds is 2. The third kappa shape index (κ3) is 2.68. The fourth-order valence-electron chi connectivity index (χ4n) is 6.14. The molecule has 1 spiro atoms. The zero-order valence-corrected chi connectivity index (χ0v) is 20.5. The molecule has 0 N–H and O–H groups in total. The summed E-state index contributed by atoms with van der Waals surface area (Å²) in [6, 6.07) is 18.8. The molecule has 0 bridgehead atoms. The van der Waals surface area contributed by atoms with E-state index in [1.165, 1.54) is 6.92 Å². The van der Waals surface area contributed by atoms with Gasteiger partial charge in [0.1, 0.15) is 5.41 Å². The minimum atomic E-state index is -1.44. The molecule has 3 aliphatic rings. The van der Waals surface area contributed by atoms with Gasteiger partial charge in [-0.3, -0.25) is 14.4 Å². The van der Waals surface area contributed by atoms with Crippen molar-refractivity contribution < 1.29 is 14.4 Å². The Kier molecular flexibility index (Phi) is 4.74. The molecule has 4 nitrogen and oxygen atoms in total. The molecule has 0 radical (unpaired) electrons. The average molecular weight is 533 g/mol. The van der Waals surface area contributed by atoms with Gasteiger partial charge in [0.05, 0.1) is 12.1 Å². The van der Waals surface area contributed by atoms with E-state index in [1.54, 1.807) is 30.3 Å². The summed E-state index contributed by atoms with van der Waals surface area (Å²) in [5.74, 6) is -1.19. The van der Waals surface area contributed by atoms with Crippen LogP contribution in [0.1, 0.15) is 44.7 Å². The van der Waals surface area contributed by atoms with Crippen LogP contribution in [0, 0.1) is 5.41 Å². The van der Waals surface area contributed by atoms with E-state index in [0.29, 0.717) is 16.1 Å². The average Bonchev–Trinajstić information content (AvgIpc) is 3.26. The standard InChI is InChI=1S/C28H19BrClNO3/c1-15(32)25-24(16-6-9-18(29)10-7-16)28(26(33)20-4-2-3-5-21(20)27(28)34)23-13-8-17-14-19(30)11-12-22(17)31(23)25/h2-14,23-25H,1H3/t23-,24+,25+/m0/s1. The molecule has 168 valence electrons. The van der Waals surface area contributed by atoms with Crippen LogP contribution in [0.25, 0.3) is 6.08 Å². The van der Waals surface area contributed by atoms with E-state index in [1.807, 2.05) is 53.5 Å². The molecule has 3 aromatic rings. The number of carbonyl (C=O) groups is 3. The molecular formula is C28H19BrClNO3. The lowest BCUT2D eigenvalue weighted by atomic mass is 9.64. The molecule has 1 saturated heterocycles. The Bertz CT molecular complexity index is 1390. The van der Waals surface area contributed by atoms with Gasteiger partial charge in [-0.2, -0.15) is 0 Å². The fourth-order valence-corrected chi connectivity index (χ4v) is 6.59. The van der Waals surface area contributed by atoms with Crippen LogP contribution >= 0.6 is 27.5 Å². The summed E-state index contributed by atoms with van der Waals surface area (Å²) in [6.45, 7) is 1.54. The van der Waals surface area contributed by atoms with Crippen LogP contribution in [-0.2, 0) is 4.79 Å². The normalized spacial score (nSPS) is 23.7. The molecular weight excluding hydrogens is 514 g/mol. The van der Waals surface area contributed by atoms with Gasteiger partial charge in [-0.25, -0.2) is 0 Å². The number of hydrogen-bond donors (Lipinski definition) is 0. The summed E-state index contributed by atoms with van der Waals surface area (Å²) in [7, 11) is 0. The molecule has 1 aliphatic carbocycles. The van der Waals surface area contributed by atoms with Crippen LogP contribution in [0.4, 0.5) is 5.69 Å². The number of hydrogen-bond acceptors (Lipinski definition) is 4. The Hall–Kier alpha value is -3.02. The zero-order valence-electron chi connectivity index (χ0n) is 18.2. The molecule has 0 amide bonds. The third-order valence-corrected chi connectivity index (χ3v) is 8.18.